The lowest BCUT2D eigenvalue weighted by Crippen LogP contribution is -2.46. The van der Waals surface area contributed by atoms with E-state index >= 15 is 0 Å². The predicted octanol–water partition coefficient (Wildman–Crippen LogP) is 2.31. The number of nitrogens with one attached hydrogen (secondary N) is 1. The number of rotatable bonds is 1. The fourth-order valence-corrected chi connectivity index (χ4v) is 2.44. The molecule has 1 aromatic heterocycles. The lowest BCUT2D eigenvalue weighted by atomic mass is 9.90. The summed E-state index contributed by atoms with van der Waals surface area (Å²) in [6.07, 6.45) is 3.33. The Labute approximate surface area is 113 Å². The SMILES string of the molecule is C[C@H]1C[C@H](c2cn[nH]n2)CCN1C(=O)OC(C)(C)C. The van der Waals surface area contributed by atoms with E-state index in [2.05, 4.69) is 22.3 Å². The van der Waals surface area contributed by atoms with E-state index < -0.39 is 5.60 Å². The van der Waals surface area contributed by atoms with Crippen LogP contribution in [0.2, 0.25) is 0 Å². The van der Waals surface area contributed by atoms with Crippen LogP contribution in [-0.4, -0.2) is 44.6 Å². The summed E-state index contributed by atoms with van der Waals surface area (Å²) in [6.45, 7) is 8.41. The summed E-state index contributed by atoms with van der Waals surface area (Å²) in [5, 5.41) is 10.6. The first-order valence-corrected chi connectivity index (χ1v) is 6.72. The first-order chi connectivity index (χ1) is 8.87. The molecular weight excluding hydrogens is 244 g/mol. The molecule has 2 atom stereocenters. The Morgan fingerprint density at radius 3 is 2.79 bits per heavy atom. The molecule has 0 radical (unpaired) electrons. The van der Waals surface area contributed by atoms with Crippen molar-refractivity contribution in [3.05, 3.63) is 11.9 Å². The van der Waals surface area contributed by atoms with Gasteiger partial charge in [0.15, 0.2) is 0 Å². The van der Waals surface area contributed by atoms with Gasteiger partial charge >= 0.3 is 6.09 Å². The second-order valence-corrected chi connectivity index (χ2v) is 6.14. The molecule has 1 saturated heterocycles. The van der Waals surface area contributed by atoms with Gasteiger partial charge in [0.1, 0.15) is 5.60 Å². The van der Waals surface area contributed by atoms with E-state index in [0.717, 1.165) is 18.5 Å². The van der Waals surface area contributed by atoms with Crippen LogP contribution in [0.1, 0.15) is 52.1 Å². The van der Waals surface area contributed by atoms with Crippen LogP contribution in [0, 0.1) is 0 Å². The molecule has 0 saturated carbocycles. The molecule has 0 aromatic carbocycles. The molecule has 106 valence electrons. The smallest absolute Gasteiger partial charge is 0.410 e. The van der Waals surface area contributed by atoms with Gasteiger partial charge in [0.05, 0.1) is 11.9 Å². The Hall–Kier alpha value is -1.59. The van der Waals surface area contributed by atoms with Crippen molar-refractivity contribution in [1.82, 2.24) is 20.3 Å². The van der Waals surface area contributed by atoms with E-state index in [4.69, 9.17) is 4.74 Å². The molecule has 1 N–H and O–H groups in total. The van der Waals surface area contributed by atoms with E-state index in [1.54, 1.807) is 6.20 Å². The standard InChI is InChI=1S/C13H22N4O2/c1-9-7-10(11-8-14-16-15-11)5-6-17(9)12(18)19-13(2,3)4/h8-10H,5-7H2,1-4H3,(H,14,15,16)/t9-,10+/m0/s1. The van der Waals surface area contributed by atoms with Crippen LogP contribution in [0.5, 0.6) is 0 Å². The topological polar surface area (TPSA) is 71.1 Å². The Morgan fingerprint density at radius 1 is 1.53 bits per heavy atom. The average molecular weight is 266 g/mol. The second kappa shape index (κ2) is 5.19. The van der Waals surface area contributed by atoms with Crippen LogP contribution in [-0.2, 0) is 4.74 Å². The summed E-state index contributed by atoms with van der Waals surface area (Å²) in [5.41, 5.74) is 0.537. The van der Waals surface area contributed by atoms with Gasteiger partial charge in [0.2, 0.25) is 0 Å². The molecule has 6 heteroatoms. The van der Waals surface area contributed by atoms with Crippen LogP contribution in [0.25, 0.3) is 0 Å². The van der Waals surface area contributed by atoms with Crippen molar-refractivity contribution < 1.29 is 9.53 Å². The summed E-state index contributed by atoms with van der Waals surface area (Å²) < 4.78 is 5.43. The molecule has 1 aliphatic heterocycles. The maximum absolute atomic E-state index is 12.1. The largest absolute Gasteiger partial charge is 0.444 e. The zero-order valence-electron chi connectivity index (χ0n) is 12.0. The molecular formula is C13H22N4O2. The lowest BCUT2D eigenvalue weighted by molar-refractivity contribution is 0.0102. The third kappa shape index (κ3) is 3.45. The van der Waals surface area contributed by atoms with Gasteiger partial charge in [-0.1, -0.05) is 0 Å². The molecule has 1 aliphatic rings. The van der Waals surface area contributed by atoms with Gasteiger partial charge < -0.3 is 9.64 Å². The predicted molar refractivity (Wildman–Crippen MR) is 70.8 cm³/mol. The summed E-state index contributed by atoms with van der Waals surface area (Å²) in [4.78, 5) is 13.9. The highest BCUT2D eigenvalue weighted by Crippen LogP contribution is 2.30. The highest BCUT2D eigenvalue weighted by atomic mass is 16.6. The highest BCUT2D eigenvalue weighted by Gasteiger charge is 2.33. The number of nitrogens with zero attached hydrogens (tertiary/aromatic N) is 3. The number of aromatic nitrogens is 3. The maximum atomic E-state index is 12.1. The van der Waals surface area contributed by atoms with Crippen LogP contribution < -0.4 is 0 Å². The van der Waals surface area contributed by atoms with Crippen molar-refractivity contribution in [2.24, 2.45) is 0 Å². The van der Waals surface area contributed by atoms with Crippen molar-refractivity contribution >= 4 is 6.09 Å². The number of amides is 1. The van der Waals surface area contributed by atoms with E-state index in [-0.39, 0.29) is 12.1 Å². The number of likely N-dealkylation sites (tertiary alicyclic amines) is 1. The Bertz CT molecular complexity index is 424. The quantitative estimate of drug-likeness (QED) is 0.846. The van der Waals surface area contributed by atoms with Crippen molar-refractivity contribution in [2.75, 3.05) is 6.54 Å². The fraction of sp³-hybridized carbons (Fsp3) is 0.769. The van der Waals surface area contributed by atoms with Crippen LogP contribution in [0.4, 0.5) is 4.79 Å². The number of carbonyl (C=O) groups is 1. The van der Waals surface area contributed by atoms with Gasteiger partial charge in [-0.05, 0) is 40.5 Å². The second-order valence-electron chi connectivity index (χ2n) is 6.14. The van der Waals surface area contributed by atoms with Crippen molar-refractivity contribution in [3.8, 4) is 0 Å². The number of hydrogen-bond donors (Lipinski definition) is 1. The number of aromatic amines is 1. The molecule has 6 nitrogen and oxygen atoms in total. The summed E-state index contributed by atoms with van der Waals surface area (Å²) >= 11 is 0. The van der Waals surface area contributed by atoms with Gasteiger partial charge in [-0.2, -0.15) is 15.4 Å². The molecule has 19 heavy (non-hydrogen) atoms. The van der Waals surface area contributed by atoms with E-state index in [1.165, 1.54) is 0 Å². The number of carbonyl (C=O) groups excluding carboxylic acids is 1. The van der Waals surface area contributed by atoms with Crippen molar-refractivity contribution in [3.63, 3.8) is 0 Å². The minimum Gasteiger partial charge on any atom is -0.444 e. The van der Waals surface area contributed by atoms with E-state index in [9.17, 15) is 4.79 Å². The van der Waals surface area contributed by atoms with E-state index in [1.807, 2.05) is 25.7 Å². The Balaban J connectivity index is 1.95. The number of piperidine rings is 1. The summed E-state index contributed by atoms with van der Waals surface area (Å²) in [5.74, 6) is 0.368. The molecule has 0 unspecified atom stereocenters. The van der Waals surface area contributed by atoms with E-state index in [0.29, 0.717) is 12.5 Å². The summed E-state index contributed by atoms with van der Waals surface area (Å²) in [6, 6.07) is 0.158. The van der Waals surface area contributed by atoms with Crippen LogP contribution in [0.3, 0.4) is 0 Å². The van der Waals surface area contributed by atoms with Crippen LogP contribution in [0.15, 0.2) is 6.20 Å². The molecule has 2 heterocycles. The Kier molecular flexibility index (Phi) is 3.78. The third-order valence-electron chi connectivity index (χ3n) is 3.36. The molecule has 0 spiro atoms. The van der Waals surface area contributed by atoms with Gasteiger partial charge in [-0.3, -0.25) is 0 Å². The molecule has 0 aliphatic carbocycles. The average Bonchev–Trinajstić information content (AvgIpc) is 2.79. The van der Waals surface area contributed by atoms with Gasteiger partial charge in [-0.15, -0.1) is 0 Å². The van der Waals surface area contributed by atoms with Crippen molar-refractivity contribution in [1.29, 1.82) is 0 Å². The molecule has 1 aromatic rings. The Morgan fingerprint density at radius 2 is 2.26 bits per heavy atom. The van der Waals surface area contributed by atoms with Gasteiger partial charge in [-0.25, -0.2) is 4.79 Å². The zero-order valence-corrected chi connectivity index (χ0v) is 12.0. The first-order valence-electron chi connectivity index (χ1n) is 6.72. The minimum absolute atomic E-state index is 0.158. The first kappa shape index (κ1) is 13.8. The normalized spacial score (nSPS) is 24.3. The molecule has 1 amide bonds. The molecule has 1 fully saturated rings. The van der Waals surface area contributed by atoms with Crippen molar-refractivity contribution in [2.45, 2.75) is 58.1 Å². The molecule has 2 rings (SSSR count). The third-order valence-corrected chi connectivity index (χ3v) is 3.36. The van der Waals surface area contributed by atoms with Crippen LogP contribution >= 0.6 is 0 Å². The van der Waals surface area contributed by atoms with Gasteiger partial charge in [0, 0.05) is 18.5 Å². The fourth-order valence-electron chi connectivity index (χ4n) is 2.44. The van der Waals surface area contributed by atoms with Gasteiger partial charge in [0.25, 0.3) is 0 Å². The minimum atomic E-state index is -0.445. The summed E-state index contributed by atoms with van der Waals surface area (Å²) in [7, 11) is 0. The molecule has 0 bridgehead atoms. The lowest BCUT2D eigenvalue weighted by Gasteiger charge is -2.37. The number of ether oxygens (including phenoxy) is 1. The monoisotopic (exact) mass is 266 g/mol. The highest BCUT2D eigenvalue weighted by molar-refractivity contribution is 5.68. The maximum Gasteiger partial charge on any atom is 0.410 e. The number of hydrogen-bond acceptors (Lipinski definition) is 4. The zero-order chi connectivity index (χ0) is 14.0. The number of H-pyrrole nitrogens is 1.